The number of amides is 2. The van der Waals surface area contributed by atoms with Gasteiger partial charge < -0.3 is 21.2 Å². The number of amidine groups is 1. The first-order chi connectivity index (χ1) is 9.04. The van der Waals surface area contributed by atoms with Crippen LogP contribution in [0.3, 0.4) is 0 Å². The highest BCUT2D eigenvalue weighted by molar-refractivity contribution is 5.86. The Balaban J connectivity index is 2.58. The van der Waals surface area contributed by atoms with Crippen LogP contribution in [0.2, 0.25) is 0 Å². The zero-order chi connectivity index (χ0) is 14.3. The molecule has 2 amide bonds. The average Bonchev–Trinajstić information content (AvgIpc) is 2.42. The first kappa shape index (κ1) is 14.8. The van der Waals surface area contributed by atoms with Gasteiger partial charge >= 0.3 is 6.03 Å². The Labute approximate surface area is 112 Å². The highest BCUT2D eigenvalue weighted by atomic mass is 16.4. The van der Waals surface area contributed by atoms with Crippen molar-refractivity contribution in [2.45, 2.75) is 26.4 Å². The van der Waals surface area contributed by atoms with Crippen LogP contribution in [0.25, 0.3) is 0 Å². The second-order valence-electron chi connectivity index (χ2n) is 4.46. The lowest BCUT2D eigenvalue weighted by molar-refractivity contribution is 0.191. The van der Waals surface area contributed by atoms with Crippen LogP contribution in [0, 0.1) is 0 Å². The molecule has 0 aliphatic heterocycles. The molecule has 0 aliphatic carbocycles. The Morgan fingerprint density at radius 2 is 2.05 bits per heavy atom. The highest BCUT2D eigenvalue weighted by Crippen LogP contribution is 2.01. The largest absolute Gasteiger partial charge is 0.409 e. The summed E-state index contributed by atoms with van der Waals surface area (Å²) in [5.41, 5.74) is 6.45. The van der Waals surface area contributed by atoms with Crippen molar-refractivity contribution in [2.75, 3.05) is 6.54 Å². The minimum atomic E-state index is -0.245. The van der Waals surface area contributed by atoms with Gasteiger partial charge in [-0.2, -0.15) is 0 Å². The molecule has 6 nitrogen and oxygen atoms in total. The molecule has 0 saturated heterocycles. The van der Waals surface area contributed by atoms with Crippen LogP contribution in [0.5, 0.6) is 0 Å². The number of hydrogen-bond donors (Lipinski definition) is 3. The Morgan fingerprint density at radius 1 is 1.42 bits per heavy atom. The number of urea groups is 1. The topological polar surface area (TPSA) is 90.9 Å². The van der Waals surface area contributed by atoms with Crippen molar-refractivity contribution in [1.29, 1.82) is 0 Å². The molecule has 0 saturated carbocycles. The maximum atomic E-state index is 12.0. The summed E-state index contributed by atoms with van der Waals surface area (Å²) in [6.07, 6.45) is 0. The smallest absolute Gasteiger partial charge is 0.318 e. The van der Waals surface area contributed by atoms with Gasteiger partial charge in [-0.3, -0.25) is 0 Å². The summed E-state index contributed by atoms with van der Waals surface area (Å²) in [5, 5.41) is 14.2. The van der Waals surface area contributed by atoms with Gasteiger partial charge in [-0.25, -0.2) is 4.79 Å². The summed E-state index contributed by atoms with van der Waals surface area (Å²) in [5.74, 6) is 0.00330. The average molecular weight is 264 g/mol. The second kappa shape index (κ2) is 7.25. The van der Waals surface area contributed by atoms with E-state index in [2.05, 4.69) is 10.5 Å². The minimum absolute atomic E-state index is 0.00330. The Morgan fingerprint density at radius 3 is 2.58 bits per heavy atom. The molecular weight excluding hydrogens is 244 g/mol. The summed E-state index contributed by atoms with van der Waals surface area (Å²) in [4.78, 5) is 13.5. The molecule has 0 radical (unpaired) electrons. The number of nitrogens with two attached hydrogens (primary N) is 1. The molecule has 0 unspecified atom stereocenters. The van der Waals surface area contributed by atoms with Crippen LogP contribution < -0.4 is 11.1 Å². The monoisotopic (exact) mass is 264 g/mol. The van der Waals surface area contributed by atoms with E-state index in [9.17, 15) is 4.79 Å². The number of nitrogens with zero attached hydrogens (tertiary/aromatic N) is 2. The van der Waals surface area contributed by atoms with E-state index in [0.717, 1.165) is 5.56 Å². The van der Waals surface area contributed by atoms with Crippen molar-refractivity contribution in [2.24, 2.45) is 10.9 Å². The number of carbonyl (C=O) groups excluding carboxylic acids is 1. The lowest BCUT2D eigenvalue weighted by Crippen LogP contribution is -2.47. The fourth-order valence-electron chi connectivity index (χ4n) is 1.57. The van der Waals surface area contributed by atoms with E-state index in [-0.39, 0.29) is 24.5 Å². The first-order valence-corrected chi connectivity index (χ1v) is 6.09. The molecule has 0 fully saturated rings. The first-order valence-electron chi connectivity index (χ1n) is 6.09. The van der Waals surface area contributed by atoms with Crippen molar-refractivity contribution in [3.63, 3.8) is 0 Å². The summed E-state index contributed by atoms with van der Waals surface area (Å²) in [6, 6.07) is 9.33. The molecule has 6 heteroatoms. The van der Waals surface area contributed by atoms with E-state index in [1.165, 1.54) is 4.90 Å². The lowest BCUT2D eigenvalue weighted by atomic mass is 10.2. The quantitative estimate of drug-likeness (QED) is 0.324. The molecule has 1 aromatic carbocycles. The van der Waals surface area contributed by atoms with Gasteiger partial charge in [-0.15, -0.1) is 0 Å². The van der Waals surface area contributed by atoms with Gasteiger partial charge in [0.2, 0.25) is 0 Å². The fourth-order valence-corrected chi connectivity index (χ4v) is 1.57. The van der Waals surface area contributed by atoms with Crippen LogP contribution in [-0.2, 0) is 6.54 Å². The summed E-state index contributed by atoms with van der Waals surface area (Å²) in [7, 11) is 0. The van der Waals surface area contributed by atoms with E-state index in [1.54, 1.807) is 0 Å². The second-order valence-corrected chi connectivity index (χ2v) is 4.46. The van der Waals surface area contributed by atoms with Crippen molar-refractivity contribution in [3.05, 3.63) is 35.9 Å². The normalized spacial score (nSPS) is 11.4. The summed E-state index contributed by atoms with van der Waals surface area (Å²) >= 11 is 0. The Bertz CT molecular complexity index is 432. The number of rotatable bonds is 5. The van der Waals surface area contributed by atoms with Crippen LogP contribution >= 0.6 is 0 Å². The van der Waals surface area contributed by atoms with Crippen LogP contribution in [0.1, 0.15) is 19.4 Å². The fraction of sp³-hybridized carbons (Fsp3) is 0.385. The zero-order valence-corrected chi connectivity index (χ0v) is 11.2. The maximum Gasteiger partial charge on any atom is 0.318 e. The molecule has 0 spiro atoms. The molecular formula is C13H20N4O2. The maximum absolute atomic E-state index is 12.0. The standard InChI is InChI=1S/C13H20N4O2/c1-10(2)17(9-12(14)16-19)13(18)15-8-11-6-4-3-5-7-11/h3-7,10,19H,8-9H2,1-2H3,(H2,14,16)(H,15,18). The molecule has 1 rings (SSSR count). The van der Waals surface area contributed by atoms with Gasteiger partial charge in [-0.1, -0.05) is 35.5 Å². The van der Waals surface area contributed by atoms with Gasteiger partial charge in [0.1, 0.15) is 0 Å². The van der Waals surface area contributed by atoms with Crippen LogP contribution in [0.15, 0.2) is 35.5 Å². The summed E-state index contributed by atoms with van der Waals surface area (Å²) in [6.45, 7) is 4.27. The summed E-state index contributed by atoms with van der Waals surface area (Å²) < 4.78 is 0. The van der Waals surface area contributed by atoms with E-state index < -0.39 is 0 Å². The van der Waals surface area contributed by atoms with Crippen molar-refractivity contribution in [3.8, 4) is 0 Å². The Hall–Kier alpha value is -2.24. The number of oxime groups is 1. The molecule has 0 bridgehead atoms. The minimum Gasteiger partial charge on any atom is -0.409 e. The van der Waals surface area contributed by atoms with E-state index in [4.69, 9.17) is 10.9 Å². The highest BCUT2D eigenvalue weighted by Gasteiger charge is 2.17. The molecule has 104 valence electrons. The molecule has 19 heavy (non-hydrogen) atoms. The van der Waals surface area contributed by atoms with E-state index in [0.29, 0.717) is 6.54 Å². The third-order valence-electron chi connectivity index (χ3n) is 2.63. The van der Waals surface area contributed by atoms with Crippen molar-refractivity contribution in [1.82, 2.24) is 10.2 Å². The van der Waals surface area contributed by atoms with E-state index >= 15 is 0 Å². The van der Waals surface area contributed by atoms with Crippen LogP contribution in [-0.4, -0.2) is 34.6 Å². The third kappa shape index (κ3) is 4.87. The zero-order valence-electron chi connectivity index (χ0n) is 11.2. The molecule has 0 heterocycles. The molecule has 4 N–H and O–H groups in total. The third-order valence-corrected chi connectivity index (χ3v) is 2.63. The predicted molar refractivity (Wildman–Crippen MR) is 73.9 cm³/mol. The predicted octanol–water partition coefficient (Wildman–Crippen LogP) is 1.35. The van der Waals surface area contributed by atoms with Gasteiger partial charge in [-0.05, 0) is 19.4 Å². The molecule has 0 atom stereocenters. The Kier molecular flexibility index (Phi) is 5.66. The van der Waals surface area contributed by atoms with Crippen molar-refractivity contribution < 1.29 is 10.0 Å². The number of carbonyl (C=O) groups is 1. The van der Waals surface area contributed by atoms with E-state index in [1.807, 2.05) is 44.2 Å². The SMILES string of the molecule is CC(C)N(C/C(N)=N/O)C(=O)NCc1ccccc1. The molecule has 1 aromatic rings. The van der Waals surface area contributed by atoms with Gasteiger partial charge in [0.15, 0.2) is 5.84 Å². The van der Waals surface area contributed by atoms with Crippen molar-refractivity contribution >= 4 is 11.9 Å². The molecule has 0 aliphatic rings. The number of hydrogen-bond acceptors (Lipinski definition) is 3. The number of nitrogens with one attached hydrogen (secondary N) is 1. The molecule has 0 aromatic heterocycles. The van der Waals surface area contributed by atoms with Crippen LogP contribution in [0.4, 0.5) is 4.79 Å². The van der Waals surface area contributed by atoms with Gasteiger partial charge in [0, 0.05) is 12.6 Å². The van der Waals surface area contributed by atoms with Gasteiger partial charge in [0.05, 0.1) is 6.54 Å². The van der Waals surface area contributed by atoms with Gasteiger partial charge in [0.25, 0.3) is 0 Å². The number of benzene rings is 1. The lowest BCUT2D eigenvalue weighted by Gasteiger charge is -2.26.